The highest BCUT2D eigenvalue weighted by Gasteiger charge is 2.46. The normalized spacial score (nSPS) is 25.8. The van der Waals surface area contributed by atoms with E-state index < -0.39 is 0 Å². The van der Waals surface area contributed by atoms with Crippen molar-refractivity contribution >= 4 is 17.5 Å². The van der Waals surface area contributed by atoms with Gasteiger partial charge in [-0.15, -0.1) is 0 Å². The molecule has 2 aliphatic rings. The third-order valence-corrected chi connectivity index (χ3v) is 5.83. The van der Waals surface area contributed by atoms with Crippen LogP contribution < -0.4 is 14.7 Å². The number of carbonyl (C=O) groups excluding carboxylic acids is 2. The average molecular weight is 365 g/mol. The summed E-state index contributed by atoms with van der Waals surface area (Å²) in [6, 6.07) is 18.0. The van der Waals surface area contributed by atoms with Crippen molar-refractivity contribution < 1.29 is 19.4 Å². The molecule has 5 heteroatoms. The van der Waals surface area contributed by atoms with E-state index >= 15 is 0 Å². The molecule has 27 heavy (non-hydrogen) atoms. The van der Waals surface area contributed by atoms with Crippen LogP contribution in [0.2, 0.25) is 0 Å². The summed E-state index contributed by atoms with van der Waals surface area (Å²) in [7, 11) is 0. The molecule has 4 rings (SSSR count). The molecule has 5 nitrogen and oxygen atoms in total. The lowest BCUT2D eigenvalue weighted by Crippen LogP contribution is -3.29. The highest BCUT2D eigenvalue weighted by molar-refractivity contribution is 6.21. The molecule has 1 atom stereocenters. The molecule has 2 aliphatic heterocycles. The van der Waals surface area contributed by atoms with Crippen LogP contribution in [0.4, 0.5) is 5.69 Å². The SMILES string of the molecule is Cc1ccc(N2C(=O)C[C@@H]([NH+]3CC[NH+](Cc4ccccc4)CC3)C2=O)cc1. The Labute approximate surface area is 160 Å². The number of quaternary nitrogens is 2. The van der Waals surface area contributed by atoms with Gasteiger partial charge in [-0.2, -0.15) is 0 Å². The van der Waals surface area contributed by atoms with Crippen molar-refractivity contribution in [3.8, 4) is 0 Å². The first kappa shape index (κ1) is 17.9. The highest BCUT2D eigenvalue weighted by atomic mass is 16.2. The van der Waals surface area contributed by atoms with Gasteiger partial charge in [-0.25, -0.2) is 4.90 Å². The van der Waals surface area contributed by atoms with Gasteiger partial charge in [0.1, 0.15) is 32.7 Å². The van der Waals surface area contributed by atoms with Gasteiger partial charge in [0, 0.05) is 5.56 Å². The predicted octanol–water partition coefficient (Wildman–Crippen LogP) is -0.389. The molecule has 2 saturated heterocycles. The van der Waals surface area contributed by atoms with E-state index in [-0.39, 0.29) is 17.9 Å². The fourth-order valence-corrected chi connectivity index (χ4v) is 4.25. The van der Waals surface area contributed by atoms with Gasteiger partial charge >= 0.3 is 0 Å². The Morgan fingerprint density at radius 2 is 1.59 bits per heavy atom. The van der Waals surface area contributed by atoms with Crippen LogP contribution in [0.3, 0.4) is 0 Å². The number of amides is 2. The first-order chi connectivity index (χ1) is 13.1. The molecule has 2 fully saturated rings. The predicted molar refractivity (Wildman–Crippen MR) is 104 cm³/mol. The molecule has 0 aromatic heterocycles. The number of piperazine rings is 1. The maximum Gasteiger partial charge on any atom is 0.292 e. The van der Waals surface area contributed by atoms with E-state index in [1.165, 1.54) is 15.4 Å². The van der Waals surface area contributed by atoms with Gasteiger partial charge < -0.3 is 9.80 Å². The van der Waals surface area contributed by atoms with Crippen LogP contribution >= 0.6 is 0 Å². The van der Waals surface area contributed by atoms with E-state index in [2.05, 4.69) is 24.3 Å². The molecule has 0 bridgehead atoms. The summed E-state index contributed by atoms with van der Waals surface area (Å²) in [5, 5.41) is 0. The maximum absolute atomic E-state index is 13.0. The van der Waals surface area contributed by atoms with Crippen LogP contribution in [0.1, 0.15) is 17.5 Å². The van der Waals surface area contributed by atoms with Crippen molar-refractivity contribution in [3.63, 3.8) is 0 Å². The molecular formula is C22H27N3O2+2. The lowest BCUT2D eigenvalue weighted by molar-refractivity contribution is -1.02. The number of nitrogens with one attached hydrogen (secondary N) is 2. The summed E-state index contributed by atoms with van der Waals surface area (Å²) in [5.41, 5.74) is 3.18. The number of imide groups is 1. The minimum atomic E-state index is -0.225. The number of nitrogens with zero attached hydrogens (tertiary/aromatic N) is 1. The second kappa shape index (κ2) is 7.62. The van der Waals surface area contributed by atoms with Gasteiger partial charge in [-0.1, -0.05) is 48.0 Å². The Kier molecular flexibility index (Phi) is 5.05. The van der Waals surface area contributed by atoms with Crippen molar-refractivity contribution in [1.82, 2.24) is 0 Å². The molecular weight excluding hydrogens is 338 g/mol. The molecule has 2 aromatic carbocycles. The topological polar surface area (TPSA) is 46.3 Å². The summed E-state index contributed by atoms with van der Waals surface area (Å²) >= 11 is 0. The van der Waals surface area contributed by atoms with Crippen molar-refractivity contribution in [3.05, 3.63) is 65.7 Å². The van der Waals surface area contributed by atoms with E-state index in [1.807, 2.05) is 37.3 Å². The van der Waals surface area contributed by atoms with E-state index in [1.54, 1.807) is 4.90 Å². The second-order valence-electron chi connectivity index (χ2n) is 7.73. The van der Waals surface area contributed by atoms with Crippen molar-refractivity contribution in [1.29, 1.82) is 0 Å². The van der Waals surface area contributed by atoms with Gasteiger partial charge in [-0.05, 0) is 19.1 Å². The number of anilines is 1. The standard InChI is InChI=1S/C22H25N3O2/c1-17-7-9-19(10-8-17)25-21(26)15-20(22(25)27)24-13-11-23(12-14-24)16-18-5-3-2-4-6-18/h2-10,20H,11-16H2,1H3/p+2/t20-/m1/s1. The summed E-state index contributed by atoms with van der Waals surface area (Å²) in [5.74, 6) is -0.106. The minimum absolute atomic E-state index is 0.0367. The molecule has 0 radical (unpaired) electrons. The average Bonchev–Trinajstić information content (AvgIpc) is 2.98. The lowest BCUT2D eigenvalue weighted by atomic mass is 10.1. The quantitative estimate of drug-likeness (QED) is 0.725. The Balaban J connectivity index is 1.38. The van der Waals surface area contributed by atoms with Crippen LogP contribution in [0.5, 0.6) is 0 Å². The Hall–Kier alpha value is -2.50. The van der Waals surface area contributed by atoms with Crippen LogP contribution in [0, 0.1) is 6.92 Å². The monoisotopic (exact) mass is 365 g/mol. The molecule has 2 aromatic rings. The fraction of sp³-hybridized carbons (Fsp3) is 0.364. The second-order valence-corrected chi connectivity index (χ2v) is 7.73. The third-order valence-electron chi connectivity index (χ3n) is 5.83. The first-order valence-electron chi connectivity index (χ1n) is 9.77. The van der Waals surface area contributed by atoms with Gasteiger partial charge in [0.05, 0.1) is 12.1 Å². The summed E-state index contributed by atoms with van der Waals surface area (Å²) in [4.78, 5) is 29.7. The number of carbonyl (C=O) groups is 2. The van der Waals surface area contributed by atoms with E-state index in [9.17, 15) is 9.59 Å². The molecule has 2 amide bonds. The van der Waals surface area contributed by atoms with Crippen molar-refractivity contribution in [2.24, 2.45) is 0 Å². The van der Waals surface area contributed by atoms with Gasteiger partial charge in [0.25, 0.3) is 5.91 Å². The summed E-state index contributed by atoms with van der Waals surface area (Å²) in [6.07, 6.45) is 0.329. The number of hydrogen-bond acceptors (Lipinski definition) is 2. The molecule has 0 unspecified atom stereocenters. The Morgan fingerprint density at radius 3 is 2.26 bits per heavy atom. The van der Waals surface area contributed by atoms with E-state index in [0.717, 1.165) is 38.3 Å². The Bertz CT molecular complexity index is 811. The Morgan fingerprint density at radius 1 is 0.926 bits per heavy atom. The smallest absolute Gasteiger partial charge is 0.292 e. The van der Waals surface area contributed by atoms with Crippen LogP contribution in [0.25, 0.3) is 0 Å². The summed E-state index contributed by atoms with van der Waals surface area (Å²) in [6.45, 7) is 6.98. The van der Waals surface area contributed by atoms with E-state index in [0.29, 0.717) is 12.1 Å². The largest absolute Gasteiger partial charge is 0.322 e. The minimum Gasteiger partial charge on any atom is -0.322 e. The van der Waals surface area contributed by atoms with Gasteiger partial charge in [-0.3, -0.25) is 9.59 Å². The number of rotatable bonds is 4. The fourth-order valence-electron chi connectivity index (χ4n) is 4.25. The molecule has 0 saturated carbocycles. The molecule has 2 N–H and O–H groups in total. The zero-order chi connectivity index (χ0) is 18.8. The zero-order valence-electron chi connectivity index (χ0n) is 15.8. The van der Waals surface area contributed by atoms with Crippen LogP contribution in [-0.4, -0.2) is 44.0 Å². The molecule has 2 heterocycles. The van der Waals surface area contributed by atoms with Crippen molar-refractivity contribution in [2.75, 3.05) is 31.1 Å². The van der Waals surface area contributed by atoms with Gasteiger partial charge in [0.2, 0.25) is 5.91 Å². The molecule has 0 spiro atoms. The maximum atomic E-state index is 13.0. The van der Waals surface area contributed by atoms with Crippen LogP contribution in [-0.2, 0) is 16.1 Å². The molecule has 140 valence electrons. The number of hydrogen-bond donors (Lipinski definition) is 2. The van der Waals surface area contributed by atoms with Crippen LogP contribution in [0.15, 0.2) is 54.6 Å². The first-order valence-corrected chi connectivity index (χ1v) is 9.77. The highest BCUT2D eigenvalue weighted by Crippen LogP contribution is 2.22. The zero-order valence-corrected chi connectivity index (χ0v) is 15.8. The molecule has 0 aliphatic carbocycles. The summed E-state index contributed by atoms with van der Waals surface area (Å²) < 4.78 is 0. The van der Waals surface area contributed by atoms with E-state index in [4.69, 9.17) is 0 Å². The number of benzene rings is 2. The lowest BCUT2D eigenvalue weighted by Gasteiger charge is -2.32. The third kappa shape index (κ3) is 3.80. The number of aryl methyl sites for hydroxylation is 1. The van der Waals surface area contributed by atoms with Gasteiger partial charge in [0.15, 0.2) is 6.04 Å². The van der Waals surface area contributed by atoms with Crippen molar-refractivity contribution in [2.45, 2.75) is 25.9 Å².